The van der Waals surface area contributed by atoms with Crippen molar-refractivity contribution in [3.63, 3.8) is 0 Å². The molecule has 0 amide bonds. The van der Waals surface area contributed by atoms with Gasteiger partial charge < -0.3 is 9.15 Å². The van der Waals surface area contributed by atoms with Gasteiger partial charge in [0, 0.05) is 23.4 Å². The minimum atomic E-state index is -0.276. The van der Waals surface area contributed by atoms with Crippen LogP contribution in [0.5, 0.6) is 0 Å². The van der Waals surface area contributed by atoms with Crippen LogP contribution >= 0.6 is 0 Å². The van der Waals surface area contributed by atoms with Gasteiger partial charge in [0.25, 0.3) is 0 Å². The van der Waals surface area contributed by atoms with Crippen molar-refractivity contribution in [2.45, 2.75) is 59.3 Å². The standard InChI is InChI=1S/C24H30O3/c1-6-19-20-14-17(11-12-22(20)27-21(19)7-2)24(5)15-18(24)10-9-16(4)13-23(25)26-8-3/h9-14,18H,6-8,15H2,1-5H3/b10-9+,16-13+. The smallest absolute Gasteiger partial charge is 0.330 e. The maximum Gasteiger partial charge on any atom is 0.330 e. The normalized spacial score (nSPS) is 22.6. The highest BCUT2D eigenvalue weighted by atomic mass is 16.5. The van der Waals surface area contributed by atoms with Crippen LogP contribution in [0.2, 0.25) is 0 Å². The fourth-order valence-corrected chi connectivity index (χ4v) is 3.92. The molecule has 2 atom stereocenters. The van der Waals surface area contributed by atoms with Gasteiger partial charge in [-0.25, -0.2) is 4.79 Å². The molecule has 0 bridgehead atoms. The van der Waals surface area contributed by atoms with Crippen LogP contribution in [-0.2, 0) is 27.8 Å². The predicted octanol–water partition coefficient (Wildman–Crippen LogP) is 5.90. The molecule has 3 nitrogen and oxygen atoms in total. The number of furan rings is 1. The van der Waals surface area contributed by atoms with Gasteiger partial charge >= 0.3 is 5.97 Å². The van der Waals surface area contributed by atoms with Crippen LogP contribution in [0.3, 0.4) is 0 Å². The molecule has 2 unspecified atom stereocenters. The van der Waals surface area contributed by atoms with Gasteiger partial charge in [-0.3, -0.25) is 0 Å². The van der Waals surface area contributed by atoms with E-state index in [9.17, 15) is 4.79 Å². The van der Waals surface area contributed by atoms with Gasteiger partial charge in [0.1, 0.15) is 11.3 Å². The van der Waals surface area contributed by atoms with Crippen molar-refractivity contribution in [2.24, 2.45) is 5.92 Å². The molecule has 0 spiro atoms. The Hall–Kier alpha value is -2.29. The summed E-state index contributed by atoms with van der Waals surface area (Å²) in [7, 11) is 0. The van der Waals surface area contributed by atoms with Gasteiger partial charge in [-0.15, -0.1) is 0 Å². The third kappa shape index (κ3) is 3.87. The van der Waals surface area contributed by atoms with Gasteiger partial charge in [-0.05, 0) is 61.3 Å². The molecule has 3 heteroatoms. The SMILES string of the molecule is CCOC(=O)/C=C(C)/C=C/C1CC1(C)c1ccc2oc(CC)c(CC)c2c1. The van der Waals surface area contributed by atoms with Crippen LogP contribution in [0.1, 0.15) is 57.9 Å². The molecule has 27 heavy (non-hydrogen) atoms. The van der Waals surface area contributed by atoms with Gasteiger partial charge in [0.15, 0.2) is 0 Å². The number of ether oxygens (including phenoxy) is 1. The zero-order chi connectivity index (χ0) is 19.6. The lowest BCUT2D eigenvalue weighted by Crippen LogP contribution is -2.03. The molecule has 1 saturated carbocycles. The van der Waals surface area contributed by atoms with Crippen LogP contribution in [0, 0.1) is 5.92 Å². The van der Waals surface area contributed by atoms with Crippen LogP contribution in [-0.4, -0.2) is 12.6 Å². The van der Waals surface area contributed by atoms with E-state index in [-0.39, 0.29) is 11.4 Å². The van der Waals surface area contributed by atoms with E-state index >= 15 is 0 Å². The molecular formula is C24H30O3. The zero-order valence-corrected chi connectivity index (χ0v) is 17.1. The fraction of sp³-hybridized carbons (Fsp3) is 0.458. The summed E-state index contributed by atoms with van der Waals surface area (Å²) in [6.07, 6.45) is 8.87. The first-order chi connectivity index (χ1) is 12.9. The second-order valence-corrected chi connectivity index (χ2v) is 7.65. The van der Waals surface area contributed by atoms with E-state index in [4.69, 9.17) is 9.15 Å². The van der Waals surface area contributed by atoms with Crippen LogP contribution in [0.15, 0.2) is 46.4 Å². The van der Waals surface area contributed by atoms with Crippen molar-refractivity contribution in [3.05, 3.63) is 58.9 Å². The predicted molar refractivity (Wildman–Crippen MR) is 110 cm³/mol. The first-order valence-electron chi connectivity index (χ1n) is 10.0. The minimum Gasteiger partial charge on any atom is -0.463 e. The summed E-state index contributed by atoms with van der Waals surface area (Å²) in [5, 5.41) is 1.26. The minimum absolute atomic E-state index is 0.156. The molecule has 1 aliphatic rings. The van der Waals surface area contributed by atoms with Gasteiger partial charge in [-0.2, -0.15) is 0 Å². The average Bonchev–Trinajstić information content (AvgIpc) is 3.18. The molecule has 0 N–H and O–H groups in total. The quantitative estimate of drug-likeness (QED) is 0.348. The summed E-state index contributed by atoms with van der Waals surface area (Å²) in [6.45, 7) is 10.8. The Bertz CT molecular complexity index is 900. The zero-order valence-electron chi connectivity index (χ0n) is 17.1. The van der Waals surface area contributed by atoms with Gasteiger partial charge in [0.2, 0.25) is 0 Å². The molecule has 144 valence electrons. The Kier molecular flexibility index (Phi) is 5.59. The first kappa shape index (κ1) is 19.5. The molecule has 0 aliphatic heterocycles. The first-order valence-corrected chi connectivity index (χ1v) is 10.0. The Balaban J connectivity index is 1.79. The lowest BCUT2D eigenvalue weighted by molar-refractivity contribution is -0.137. The van der Waals surface area contributed by atoms with E-state index in [1.54, 1.807) is 6.08 Å². The molecule has 1 heterocycles. The number of carbonyl (C=O) groups is 1. The number of fused-ring (bicyclic) bond motifs is 1. The molecule has 0 saturated heterocycles. The van der Waals surface area contributed by atoms with Gasteiger partial charge in [-0.1, -0.05) is 39.0 Å². The third-order valence-corrected chi connectivity index (χ3v) is 5.73. The summed E-state index contributed by atoms with van der Waals surface area (Å²) in [4.78, 5) is 11.5. The van der Waals surface area contributed by atoms with E-state index in [1.165, 1.54) is 16.5 Å². The highest BCUT2D eigenvalue weighted by molar-refractivity contribution is 5.84. The molecular weight excluding hydrogens is 336 g/mol. The highest BCUT2D eigenvalue weighted by Crippen LogP contribution is 2.55. The van der Waals surface area contributed by atoms with E-state index in [0.29, 0.717) is 12.5 Å². The molecule has 3 rings (SSSR count). The van der Waals surface area contributed by atoms with E-state index in [2.05, 4.69) is 45.0 Å². The van der Waals surface area contributed by atoms with Crippen molar-refractivity contribution in [1.82, 2.24) is 0 Å². The van der Waals surface area contributed by atoms with Crippen molar-refractivity contribution in [3.8, 4) is 0 Å². The number of rotatable bonds is 7. The number of esters is 1. The lowest BCUT2D eigenvalue weighted by atomic mass is 9.93. The molecule has 2 aromatic rings. The summed E-state index contributed by atoms with van der Waals surface area (Å²) in [6, 6.07) is 6.66. The fourth-order valence-electron chi connectivity index (χ4n) is 3.92. The second kappa shape index (κ2) is 7.75. The third-order valence-electron chi connectivity index (χ3n) is 5.73. The van der Waals surface area contributed by atoms with Gasteiger partial charge in [0.05, 0.1) is 6.61 Å². The second-order valence-electron chi connectivity index (χ2n) is 7.65. The molecule has 1 fully saturated rings. The molecule has 0 radical (unpaired) electrons. The molecule has 1 aromatic heterocycles. The Morgan fingerprint density at radius 2 is 2.07 bits per heavy atom. The van der Waals surface area contributed by atoms with Crippen molar-refractivity contribution in [2.75, 3.05) is 6.61 Å². The lowest BCUT2D eigenvalue weighted by Gasteiger charge is -2.11. The summed E-state index contributed by atoms with van der Waals surface area (Å²) < 4.78 is 11.0. The topological polar surface area (TPSA) is 39.4 Å². The van der Waals surface area contributed by atoms with Crippen LogP contribution in [0.25, 0.3) is 11.0 Å². The number of hydrogen-bond acceptors (Lipinski definition) is 3. The number of aryl methyl sites for hydroxylation is 2. The van der Waals surface area contributed by atoms with Crippen molar-refractivity contribution >= 4 is 16.9 Å². The summed E-state index contributed by atoms with van der Waals surface area (Å²) in [5.41, 5.74) is 4.79. The molecule has 1 aromatic carbocycles. The van der Waals surface area contributed by atoms with Crippen LogP contribution < -0.4 is 0 Å². The van der Waals surface area contributed by atoms with E-state index < -0.39 is 0 Å². The Labute approximate surface area is 162 Å². The number of benzene rings is 1. The summed E-state index contributed by atoms with van der Waals surface area (Å²) >= 11 is 0. The number of hydrogen-bond donors (Lipinski definition) is 0. The number of allylic oxidation sites excluding steroid dienone is 3. The Morgan fingerprint density at radius 3 is 2.74 bits per heavy atom. The van der Waals surface area contributed by atoms with Crippen molar-refractivity contribution < 1.29 is 13.9 Å². The van der Waals surface area contributed by atoms with Crippen molar-refractivity contribution in [1.29, 1.82) is 0 Å². The van der Waals surface area contributed by atoms with E-state index in [1.807, 2.05) is 19.9 Å². The number of carbonyl (C=O) groups excluding carboxylic acids is 1. The maximum atomic E-state index is 11.5. The largest absolute Gasteiger partial charge is 0.463 e. The molecule has 1 aliphatic carbocycles. The summed E-state index contributed by atoms with van der Waals surface area (Å²) in [5.74, 6) is 1.33. The Morgan fingerprint density at radius 1 is 1.30 bits per heavy atom. The highest BCUT2D eigenvalue weighted by Gasteiger charge is 2.49. The maximum absolute atomic E-state index is 11.5. The van der Waals surface area contributed by atoms with E-state index in [0.717, 1.165) is 36.2 Å². The monoisotopic (exact) mass is 366 g/mol. The average molecular weight is 367 g/mol. The van der Waals surface area contributed by atoms with Crippen LogP contribution in [0.4, 0.5) is 0 Å².